The van der Waals surface area contributed by atoms with E-state index >= 15 is 0 Å². The van der Waals surface area contributed by atoms with Crippen LogP contribution in [0.5, 0.6) is 0 Å². The molecule has 1 aromatic carbocycles. The third-order valence-corrected chi connectivity index (χ3v) is 5.97. The lowest BCUT2D eigenvalue weighted by molar-refractivity contribution is -0.119. The van der Waals surface area contributed by atoms with Crippen LogP contribution in [0.4, 0.5) is 22.3 Å². The van der Waals surface area contributed by atoms with Crippen LogP contribution in [0.15, 0.2) is 45.7 Å². The molecule has 3 aromatic rings. The Morgan fingerprint density at radius 2 is 2.03 bits per heavy atom. The number of aryl methyl sites for hydroxylation is 1. The minimum atomic E-state index is -0.655. The smallest absolute Gasteiger partial charge is 0.412 e. The summed E-state index contributed by atoms with van der Waals surface area (Å²) in [6.45, 7) is 9.91. The number of likely N-dealkylation sites (N-methyl/N-ethyl adjacent to an activating group) is 1. The highest BCUT2D eigenvalue weighted by atomic mass is 16.6. The first-order chi connectivity index (χ1) is 17.1. The van der Waals surface area contributed by atoms with Crippen LogP contribution < -0.4 is 20.7 Å². The van der Waals surface area contributed by atoms with Gasteiger partial charge in [0.1, 0.15) is 17.5 Å². The molecule has 0 aliphatic carbocycles. The maximum Gasteiger partial charge on any atom is 0.412 e. The number of hydrogen-bond donors (Lipinski definition) is 1. The van der Waals surface area contributed by atoms with Gasteiger partial charge in [0.15, 0.2) is 0 Å². The van der Waals surface area contributed by atoms with Crippen molar-refractivity contribution in [3.63, 3.8) is 0 Å². The third kappa shape index (κ3) is 5.17. The molecule has 36 heavy (non-hydrogen) atoms. The van der Waals surface area contributed by atoms with E-state index < -0.39 is 23.4 Å². The van der Waals surface area contributed by atoms with Crippen molar-refractivity contribution in [1.82, 2.24) is 9.97 Å². The van der Waals surface area contributed by atoms with Crippen molar-refractivity contribution < 1.29 is 18.7 Å². The zero-order valence-corrected chi connectivity index (χ0v) is 21.2. The Balaban J connectivity index is 1.63. The lowest BCUT2D eigenvalue weighted by atomic mass is 10.1. The van der Waals surface area contributed by atoms with Crippen molar-refractivity contribution in [3.05, 3.63) is 52.5 Å². The molecule has 0 unspecified atom stereocenters. The van der Waals surface area contributed by atoms with Gasteiger partial charge in [0.25, 0.3) is 5.91 Å². The molecule has 0 spiro atoms. The molecular formula is C26H31N5O5. The Kier molecular flexibility index (Phi) is 6.96. The summed E-state index contributed by atoms with van der Waals surface area (Å²) < 4.78 is 10.9. The average molecular weight is 494 g/mol. The Hall–Kier alpha value is -3.95. The normalized spacial score (nSPS) is 15.7. The van der Waals surface area contributed by atoms with Crippen molar-refractivity contribution >= 4 is 40.4 Å². The fourth-order valence-electron chi connectivity index (χ4n) is 4.36. The van der Waals surface area contributed by atoms with Gasteiger partial charge in [-0.05, 0) is 77.3 Å². The molecule has 1 aliphatic rings. The molecular weight excluding hydrogens is 462 g/mol. The molecule has 1 atom stereocenters. The molecule has 1 saturated heterocycles. The van der Waals surface area contributed by atoms with Crippen molar-refractivity contribution in [1.29, 1.82) is 0 Å². The molecule has 0 radical (unpaired) electrons. The topological polar surface area (TPSA) is 118 Å². The van der Waals surface area contributed by atoms with Crippen LogP contribution in [0.3, 0.4) is 0 Å². The van der Waals surface area contributed by atoms with Gasteiger partial charge in [0.2, 0.25) is 0 Å². The Bertz CT molecular complexity index is 1330. The predicted octanol–water partition coefficient (Wildman–Crippen LogP) is 4.26. The summed E-state index contributed by atoms with van der Waals surface area (Å²) in [5.41, 5.74) is 0.131. The van der Waals surface area contributed by atoms with E-state index in [0.717, 1.165) is 6.42 Å². The van der Waals surface area contributed by atoms with Gasteiger partial charge >= 0.3 is 17.7 Å². The Morgan fingerprint density at radius 3 is 2.69 bits per heavy atom. The van der Waals surface area contributed by atoms with E-state index in [-0.39, 0.29) is 17.3 Å². The van der Waals surface area contributed by atoms with Crippen LogP contribution in [-0.2, 0) is 9.53 Å². The van der Waals surface area contributed by atoms with Crippen molar-refractivity contribution in [2.75, 3.05) is 28.2 Å². The summed E-state index contributed by atoms with van der Waals surface area (Å²) in [4.78, 5) is 51.0. The number of rotatable bonds is 5. The number of fused-ring (bicyclic) bond motifs is 1. The zero-order valence-electron chi connectivity index (χ0n) is 21.2. The molecule has 10 heteroatoms. The maximum absolute atomic E-state index is 13.5. The highest BCUT2D eigenvalue weighted by Gasteiger charge is 2.36. The first-order valence-corrected chi connectivity index (χ1v) is 12.0. The van der Waals surface area contributed by atoms with E-state index in [2.05, 4.69) is 15.3 Å². The molecule has 3 heterocycles. The molecule has 1 aliphatic heterocycles. The number of benzene rings is 1. The van der Waals surface area contributed by atoms with Crippen LogP contribution >= 0.6 is 0 Å². The second-order valence-electron chi connectivity index (χ2n) is 9.66. The van der Waals surface area contributed by atoms with E-state index in [4.69, 9.17) is 9.15 Å². The second kappa shape index (κ2) is 9.96. The number of carbonyl (C=O) groups is 2. The first kappa shape index (κ1) is 25.2. The van der Waals surface area contributed by atoms with E-state index in [9.17, 15) is 14.4 Å². The summed E-state index contributed by atoms with van der Waals surface area (Å²) in [5, 5.41) is 2.94. The van der Waals surface area contributed by atoms with Gasteiger partial charge in [-0.1, -0.05) is 6.07 Å². The van der Waals surface area contributed by atoms with E-state index in [1.54, 1.807) is 68.0 Å². The molecule has 4 rings (SSSR count). The summed E-state index contributed by atoms with van der Waals surface area (Å²) in [6, 6.07) is 8.33. The van der Waals surface area contributed by atoms with Crippen LogP contribution in [0, 0.1) is 6.92 Å². The van der Waals surface area contributed by atoms with Crippen LogP contribution in [-0.4, -0.2) is 46.7 Å². The average Bonchev–Trinajstić information content (AvgIpc) is 3.31. The van der Waals surface area contributed by atoms with Gasteiger partial charge in [0, 0.05) is 25.0 Å². The van der Waals surface area contributed by atoms with Gasteiger partial charge in [-0.15, -0.1) is 0 Å². The molecule has 0 bridgehead atoms. The standard InChI is InChI=1S/C26H31N5O5/c1-6-30(20-11-7-8-14-27-20)22(32)19-10-9-15-31(19)24-28-18-13-12-17(16(2)21(18)23(33)35-24)29-25(34)36-26(3,4)5/h7-8,11-14,19H,6,9-10,15H2,1-5H3,(H,29,34)/t19-/m0/s1. The van der Waals surface area contributed by atoms with Crippen molar-refractivity contribution in [2.45, 2.75) is 59.1 Å². The van der Waals surface area contributed by atoms with E-state index in [1.165, 1.54) is 0 Å². The summed E-state index contributed by atoms with van der Waals surface area (Å²) >= 11 is 0. The van der Waals surface area contributed by atoms with E-state index in [0.29, 0.717) is 42.1 Å². The lowest BCUT2D eigenvalue weighted by Gasteiger charge is -2.28. The highest BCUT2D eigenvalue weighted by Crippen LogP contribution is 2.29. The predicted molar refractivity (Wildman–Crippen MR) is 138 cm³/mol. The molecule has 1 fully saturated rings. The van der Waals surface area contributed by atoms with Crippen molar-refractivity contribution in [3.8, 4) is 0 Å². The van der Waals surface area contributed by atoms with Crippen LogP contribution in [0.25, 0.3) is 10.9 Å². The Labute approximate surface area is 209 Å². The fourth-order valence-corrected chi connectivity index (χ4v) is 4.36. The second-order valence-corrected chi connectivity index (χ2v) is 9.66. The number of nitrogens with zero attached hydrogens (tertiary/aromatic N) is 4. The molecule has 1 N–H and O–H groups in total. The van der Waals surface area contributed by atoms with Gasteiger partial charge in [0.05, 0.1) is 10.9 Å². The zero-order chi connectivity index (χ0) is 26.0. The van der Waals surface area contributed by atoms with Gasteiger partial charge in [-0.25, -0.2) is 14.6 Å². The number of anilines is 3. The minimum Gasteiger partial charge on any atom is -0.444 e. The SMILES string of the molecule is CCN(C(=O)[C@@H]1CCCN1c1nc2ccc(NC(=O)OC(C)(C)C)c(C)c2c(=O)o1)c1ccccn1. The van der Waals surface area contributed by atoms with Crippen LogP contribution in [0.1, 0.15) is 46.1 Å². The minimum absolute atomic E-state index is 0.104. The molecule has 2 amide bonds. The number of hydrogen-bond acceptors (Lipinski definition) is 8. The highest BCUT2D eigenvalue weighted by molar-refractivity contribution is 5.98. The molecule has 10 nitrogen and oxygen atoms in total. The van der Waals surface area contributed by atoms with Gasteiger partial charge in [-0.3, -0.25) is 15.0 Å². The number of pyridine rings is 1. The number of nitrogens with one attached hydrogen (secondary N) is 1. The molecule has 2 aromatic heterocycles. The van der Waals surface area contributed by atoms with Crippen LogP contribution in [0.2, 0.25) is 0 Å². The number of amides is 2. The quantitative estimate of drug-likeness (QED) is 0.560. The molecule has 0 saturated carbocycles. The third-order valence-electron chi connectivity index (χ3n) is 5.97. The lowest BCUT2D eigenvalue weighted by Crippen LogP contribution is -2.46. The van der Waals surface area contributed by atoms with E-state index in [1.807, 2.05) is 13.0 Å². The number of carbonyl (C=O) groups excluding carboxylic acids is 2. The summed E-state index contributed by atoms with van der Waals surface area (Å²) in [6.07, 6.45) is 2.40. The summed E-state index contributed by atoms with van der Waals surface area (Å²) in [5.74, 6) is 0.455. The van der Waals surface area contributed by atoms with Crippen molar-refractivity contribution in [2.24, 2.45) is 0 Å². The fraction of sp³-hybridized carbons (Fsp3) is 0.423. The number of ether oxygens (including phenoxy) is 1. The van der Waals surface area contributed by atoms with Gasteiger partial charge in [-0.2, -0.15) is 4.98 Å². The largest absolute Gasteiger partial charge is 0.444 e. The summed E-state index contributed by atoms with van der Waals surface area (Å²) in [7, 11) is 0. The van der Waals surface area contributed by atoms with Gasteiger partial charge < -0.3 is 14.1 Å². The molecule has 190 valence electrons. The number of aromatic nitrogens is 2. The Morgan fingerprint density at radius 1 is 1.25 bits per heavy atom. The first-order valence-electron chi connectivity index (χ1n) is 12.0. The monoisotopic (exact) mass is 493 g/mol. The maximum atomic E-state index is 13.5.